The Morgan fingerprint density at radius 3 is 2.64 bits per heavy atom. The number of ether oxygens (including phenoxy) is 2. The number of carboxylic acids is 1. The first-order valence-corrected chi connectivity index (χ1v) is 8.55. The number of sulfonamides is 1. The maximum Gasteiger partial charge on any atom is 0.307 e. The summed E-state index contributed by atoms with van der Waals surface area (Å²) in [6.07, 6.45) is 1.07. The zero-order chi connectivity index (χ0) is 15.7. The van der Waals surface area contributed by atoms with Crippen LogP contribution in [0.25, 0.3) is 0 Å². The van der Waals surface area contributed by atoms with Gasteiger partial charge in [0.1, 0.15) is 0 Å². The summed E-state index contributed by atoms with van der Waals surface area (Å²) < 4.78 is 37.4. The minimum Gasteiger partial charge on any atom is -0.490 e. The summed E-state index contributed by atoms with van der Waals surface area (Å²) in [7, 11) is -3.72. The average Bonchev–Trinajstić information content (AvgIpc) is 2.88. The van der Waals surface area contributed by atoms with E-state index in [0.717, 1.165) is 6.42 Å². The van der Waals surface area contributed by atoms with E-state index >= 15 is 0 Å². The zero-order valence-corrected chi connectivity index (χ0v) is 12.7. The van der Waals surface area contributed by atoms with Crippen LogP contribution in [-0.4, -0.2) is 50.1 Å². The molecule has 1 aromatic carbocycles. The van der Waals surface area contributed by atoms with Crippen LogP contribution in [0.5, 0.6) is 11.5 Å². The Morgan fingerprint density at radius 2 is 1.95 bits per heavy atom. The predicted octanol–water partition coefficient (Wildman–Crippen LogP) is 0.943. The Balaban J connectivity index is 1.87. The summed E-state index contributed by atoms with van der Waals surface area (Å²) in [6.45, 7) is 1.23. The molecule has 2 aliphatic heterocycles. The molecule has 0 bridgehead atoms. The normalized spacial score (nSPS) is 22.3. The summed E-state index contributed by atoms with van der Waals surface area (Å²) in [5.74, 6) is -0.666. The van der Waals surface area contributed by atoms with Crippen LogP contribution in [0.3, 0.4) is 0 Å². The minimum absolute atomic E-state index is 0.00606. The third kappa shape index (κ3) is 2.76. The molecule has 0 amide bonds. The minimum atomic E-state index is -3.72. The average molecular weight is 327 g/mol. The lowest BCUT2D eigenvalue weighted by atomic mass is 10.1. The smallest absolute Gasteiger partial charge is 0.307 e. The van der Waals surface area contributed by atoms with Gasteiger partial charge in [0.05, 0.1) is 24.0 Å². The number of carboxylic acid groups (broad SMARTS) is 1. The fraction of sp³-hybridized carbons (Fsp3) is 0.500. The van der Waals surface area contributed by atoms with Crippen molar-refractivity contribution in [1.82, 2.24) is 4.31 Å². The van der Waals surface area contributed by atoms with Gasteiger partial charge < -0.3 is 14.6 Å². The lowest BCUT2D eigenvalue weighted by molar-refractivity contribution is -0.141. The van der Waals surface area contributed by atoms with Crippen molar-refractivity contribution < 1.29 is 27.8 Å². The number of nitrogens with zero attached hydrogens (tertiary/aromatic N) is 1. The number of aliphatic carboxylic acids is 1. The molecule has 22 heavy (non-hydrogen) atoms. The van der Waals surface area contributed by atoms with Gasteiger partial charge in [0.2, 0.25) is 10.0 Å². The SMILES string of the molecule is O=C(O)[C@@H]1CCN(S(=O)(=O)c2ccc3c(c2)OCCCO3)C1. The second-order valence-electron chi connectivity index (χ2n) is 5.35. The summed E-state index contributed by atoms with van der Waals surface area (Å²) in [6, 6.07) is 4.50. The highest BCUT2D eigenvalue weighted by Crippen LogP contribution is 2.34. The number of fused-ring (bicyclic) bond motifs is 1. The summed E-state index contributed by atoms with van der Waals surface area (Å²) in [5, 5.41) is 9.00. The van der Waals surface area contributed by atoms with Crippen molar-refractivity contribution in [2.45, 2.75) is 17.7 Å². The second-order valence-corrected chi connectivity index (χ2v) is 7.28. The van der Waals surface area contributed by atoms with Gasteiger partial charge in [-0.05, 0) is 18.6 Å². The van der Waals surface area contributed by atoms with Gasteiger partial charge in [-0.25, -0.2) is 8.42 Å². The highest BCUT2D eigenvalue weighted by Gasteiger charge is 2.36. The van der Waals surface area contributed by atoms with Gasteiger partial charge in [0.15, 0.2) is 11.5 Å². The molecule has 0 saturated carbocycles. The fourth-order valence-corrected chi connectivity index (χ4v) is 4.12. The van der Waals surface area contributed by atoms with E-state index in [1.807, 2.05) is 0 Å². The van der Waals surface area contributed by atoms with Gasteiger partial charge in [-0.2, -0.15) is 4.31 Å². The number of rotatable bonds is 3. The van der Waals surface area contributed by atoms with Crippen molar-refractivity contribution in [3.63, 3.8) is 0 Å². The lowest BCUT2D eigenvalue weighted by Crippen LogP contribution is -2.30. The monoisotopic (exact) mass is 327 g/mol. The Bertz CT molecular complexity index is 687. The Kier molecular flexibility index (Phi) is 3.96. The van der Waals surface area contributed by atoms with Crippen LogP contribution >= 0.6 is 0 Å². The molecule has 7 nitrogen and oxygen atoms in total. The molecule has 3 rings (SSSR count). The maximum atomic E-state index is 12.6. The van der Waals surface area contributed by atoms with E-state index in [4.69, 9.17) is 14.6 Å². The molecule has 1 N–H and O–H groups in total. The van der Waals surface area contributed by atoms with E-state index in [-0.39, 0.29) is 18.0 Å². The number of carbonyl (C=O) groups is 1. The molecule has 120 valence electrons. The van der Waals surface area contributed by atoms with Crippen LogP contribution in [0.2, 0.25) is 0 Å². The number of hydrogen-bond donors (Lipinski definition) is 1. The fourth-order valence-electron chi connectivity index (χ4n) is 2.60. The topological polar surface area (TPSA) is 93.1 Å². The Morgan fingerprint density at radius 1 is 1.23 bits per heavy atom. The molecule has 0 spiro atoms. The molecule has 0 unspecified atom stereocenters. The third-order valence-electron chi connectivity index (χ3n) is 3.86. The van der Waals surface area contributed by atoms with Crippen LogP contribution in [0, 0.1) is 5.92 Å². The van der Waals surface area contributed by atoms with Crippen molar-refractivity contribution in [3.05, 3.63) is 18.2 Å². The van der Waals surface area contributed by atoms with E-state index < -0.39 is 21.9 Å². The van der Waals surface area contributed by atoms with Crippen molar-refractivity contribution >= 4 is 16.0 Å². The van der Waals surface area contributed by atoms with Gasteiger partial charge >= 0.3 is 5.97 Å². The number of hydrogen-bond acceptors (Lipinski definition) is 5. The van der Waals surface area contributed by atoms with Gasteiger partial charge in [-0.1, -0.05) is 0 Å². The summed E-state index contributed by atoms with van der Waals surface area (Å²) in [5.41, 5.74) is 0. The molecule has 8 heteroatoms. The van der Waals surface area contributed by atoms with E-state index in [1.165, 1.54) is 16.4 Å². The molecule has 1 aromatic rings. The highest BCUT2D eigenvalue weighted by molar-refractivity contribution is 7.89. The molecular formula is C14H17NO6S. The van der Waals surface area contributed by atoms with E-state index in [9.17, 15) is 13.2 Å². The van der Waals surface area contributed by atoms with Gasteiger partial charge in [0.25, 0.3) is 0 Å². The first-order valence-electron chi connectivity index (χ1n) is 7.11. The third-order valence-corrected chi connectivity index (χ3v) is 5.72. The van der Waals surface area contributed by atoms with Gasteiger partial charge in [-0.15, -0.1) is 0 Å². The first kappa shape index (κ1) is 15.1. The molecule has 0 aliphatic carbocycles. The first-order chi connectivity index (χ1) is 10.5. The van der Waals surface area contributed by atoms with Crippen molar-refractivity contribution in [1.29, 1.82) is 0 Å². The number of benzene rings is 1. The summed E-state index contributed by atoms with van der Waals surface area (Å²) in [4.78, 5) is 11.1. The molecule has 0 radical (unpaired) electrons. The highest BCUT2D eigenvalue weighted by atomic mass is 32.2. The molecule has 2 heterocycles. The van der Waals surface area contributed by atoms with Crippen LogP contribution in [0.4, 0.5) is 0 Å². The van der Waals surface area contributed by atoms with Crippen molar-refractivity contribution in [2.24, 2.45) is 5.92 Å². The van der Waals surface area contributed by atoms with E-state index in [0.29, 0.717) is 31.1 Å². The van der Waals surface area contributed by atoms with Crippen molar-refractivity contribution in [3.8, 4) is 11.5 Å². The largest absolute Gasteiger partial charge is 0.490 e. The molecular weight excluding hydrogens is 310 g/mol. The summed E-state index contributed by atoms with van der Waals surface area (Å²) >= 11 is 0. The standard InChI is InChI=1S/C14H17NO6S/c16-14(17)10-4-5-15(9-10)22(18,19)11-2-3-12-13(8-11)21-7-1-6-20-12/h2-3,8,10H,1,4-7,9H2,(H,16,17)/t10-/m1/s1. The lowest BCUT2D eigenvalue weighted by Gasteiger charge is -2.17. The van der Waals surface area contributed by atoms with Crippen LogP contribution < -0.4 is 9.47 Å². The Labute approximate surface area is 128 Å². The van der Waals surface area contributed by atoms with Gasteiger partial charge in [0, 0.05) is 25.6 Å². The molecule has 0 aromatic heterocycles. The molecule has 1 saturated heterocycles. The molecule has 2 aliphatic rings. The van der Waals surface area contributed by atoms with Crippen LogP contribution in [0.15, 0.2) is 23.1 Å². The quantitative estimate of drug-likeness (QED) is 0.888. The predicted molar refractivity (Wildman–Crippen MR) is 76.6 cm³/mol. The van der Waals surface area contributed by atoms with Gasteiger partial charge in [-0.3, -0.25) is 4.79 Å². The van der Waals surface area contributed by atoms with Crippen LogP contribution in [0.1, 0.15) is 12.8 Å². The van der Waals surface area contributed by atoms with Crippen molar-refractivity contribution in [2.75, 3.05) is 26.3 Å². The second kappa shape index (κ2) is 5.77. The maximum absolute atomic E-state index is 12.6. The molecule has 1 atom stereocenters. The molecule has 1 fully saturated rings. The Hall–Kier alpha value is -1.80. The van der Waals surface area contributed by atoms with E-state index in [2.05, 4.69) is 0 Å². The van der Waals surface area contributed by atoms with Crippen LogP contribution in [-0.2, 0) is 14.8 Å². The van der Waals surface area contributed by atoms with E-state index in [1.54, 1.807) is 6.07 Å². The zero-order valence-electron chi connectivity index (χ0n) is 11.9.